The minimum atomic E-state index is 0.0271. The van der Waals surface area contributed by atoms with Gasteiger partial charge in [-0.25, -0.2) is 15.5 Å². The molecule has 0 radical (unpaired) electrons. The SMILES string of the molecule is N=Nc1ccc(-c2cnn(CCO)c2)nc1NCc1ccc2nccn2c1. The Bertz CT molecular complexity index is 1080. The fourth-order valence-electron chi connectivity index (χ4n) is 2.81. The Morgan fingerprint density at radius 3 is 2.96 bits per heavy atom. The molecule has 0 amide bonds. The smallest absolute Gasteiger partial charge is 0.154 e. The van der Waals surface area contributed by atoms with Gasteiger partial charge in [0.05, 0.1) is 25.0 Å². The Hall–Kier alpha value is -3.59. The van der Waals surface area contributed by atoms with Crippen molar-refractivity contribution in [1.29, 1.82) is 5.53 Å². The molecule has 0 saturated heterocycles. The van der Waals surface area contributed by atoms with Gasteiger partial charge in [0.15, 0.2) is 5.82 Å². The Balaban J connectivity index is 1.57. The summed E-state index contributed by atoms with van der Waals surface area (Å²) in [6, 6.07) is 7.50. The average molecular weight is 362 g/mol. The molecule has 136 valence electrons. The highest BCUT2D eigenvalue weighted by Crippen LogP contribution is 2.27. The summed E-state index contributed by atoms with van der Waals surface area (Å²) in [6.45, 7) is 0.998. The molecule has 9 nitrogen and oxygen atoms in total. The number of rotatable bonds is 7. The second kappa shape index (κ2) is 7.34. The Kier molecular flexibility index (Phi) is 4.58. The van der Waals surface area contributed by atoms with Gasteiger partial charge in [-0.1, -0.05) is 6.07 Å². The zero-order valence-electron chi connectivity index (χ0n) is 14.4. The molecule has 3 N–H and O–H groups in total. The van der Waals surface area contributed by atoms with Crippen LogP contribution in [0.1, 0.15) is 5.56 Å². The van der Waals surface area contributed by atoms with Gasteiger partial charge in [-0.3, -0.25) is 4.68 Å². The molecule has 4 rings (SSSR count). The van der Waals surface area contributed by atoms with E-state index in [1.165, 1.54) is 0 Å². The van der Waals surface area contributed by atoms with E-state index in [1.54, 1.807) is 29.2 Å². The lowest BCUT2D eigenvalue weighted by Gasteiger charge is -2.10. The molecular weight excluding hydrogens is 344 g/mol. The molecule has 4 heterocycles. The number of aliphatic hydroxyl groups excluding tert-OH is 1. The van der Waals surface area contributed by atoms with Crippen LogP contribution in [0.5, 0.6) is 0 Å². The van der Waals surface area contributed by atoms with Gasteiger partial charge in [-0.2, -0.15) is 10.2 Å². The van der Waals surface area contributed by atoms with E-state index in [4.69, 9.17) is 10.6 Å². The average Bonchev–Trinajstić information content (AvgIpc) is 3.35. The first-order chi connectivity index (χ1) is 13.3. The molecule has 9 heteroatoms. The summed E-state index contributed by atoms with van der Waals surface area (Å²) in [7, 11) is 0. The molecule has 0 unspecified atom stereocenters. The first kappa shape index (κ1) is 16.9. The zero-order chi connectivity index (χ0) is 18.6. The summed E-state index contributed by atoms with van der Waals surface area (Å²) in [5, 5.41) is 20.0. The summed E-state index contributed by atoms with van der Waals surface area (Å²) in [6.07, 6.45) is 9.17. The van der Waals surface area contributed by atoms with Crippen LogP contribution in [0.3, 0.4) is 0 Å². The van der Waals surface area contributed by atoms with Crippen LogP contribution in [0.25, 0.3) is 16.9 Å². The van der Waals surface area contributed by atoms with Gasteiger partial charge in [0, 0.05) is 36.9 Å². The van der Waals surface area contributed by atoms with Crippen molar-refractivity contribution in [3.63, 3.8) is 0 Å². The third-order valence-electron chi connectivity index (χ3n) is 4.16. The summed E-state index contributed by atoms with van der Waals surface area (Å²) >= 11 is 0. The van der Waals surface area contributed by atoms with E-state index in [0.717, 1.165) is 22.5 Å². The lowest BCUT2D eigenvalue weighted by molar-refractivity contribution is 0.269. The number of nitrogens with zero attached hydrogens (tertiary/aromatic N) is 6. The van der Waals surface area contributed by atoms with Crippen molar-refractivity contribution >= 4 is 17.2 Å². The van der Waals surface area contributed by atoms with Crippen molar-refractivity contribution in [3.8, 4) is 11.3 Å². The van der Waals surface area contributed by atoms with Crippen LogP contribution < -0.4 is 5.32 Å². The third kappa shape index (κ3) is 3.53. The fraction of sp³-hybridized carbons (Fsp3) is 0.167. The van der Waals surface area contributed by atoms with E-state index in [9.17, 15) is 0 Å². The van der Waals surface area contributed by atoms with E-state index >= 15 is 0 Å². The van der Waals surface area contributed by atoms with Crippen molar-refractivity contribution in [2.75, 3.05) is 11.9 Å². The molecule has 0 saturated carbocycles. The number of fused-ring (bicyclic) bond motifs is 1. The minimum Gasteiger partial charge on any atom is -0.394 e. The molecule has 4 aromatic rings. The van der Waals surface area contributed by atoms with E-state index in [0.29, 0.717) is 24.6 Å². The van der Waals surface area contributed by atoms with Crippen molar-refractivity contribution in [3.05, 3.63) is 60.8 Å². The van der Waals surface area contributed by atoms with Crippen LogP contribution in [-0.4, -0.2) is 35.9 Å². The number of anilines is 1. The largest absolute Gasteiger partial charge is 0.394 e. The molecule has 0 fully saturated rings. The van der Waals surface area contributed by atoms with Crippen molar-refractivity contribution in [2.45, 2.75) is 13.1 Å². The molecule has 4 aromatic heterocycles. The number of nitrogens with one attached hydrogen (secondary N) is 2. The maximum atomic E-state index is 9.02. The Morgan fingerprint density at radius 1 is 1.19 bits per heavy atom. The molecule has 0 spiro atoms. The number of hydrogen-bond acceptors (Lipinski definition) is 7. The van der Waals surface area contributed by atoms with Gasteiger partial charge in [-0.15, -0.1) is 0 Å². The lowest BCUT2D eigenvalue weighted by atomic mass is 10.2. The van der Waals surface area contributed by atoms with Gasteiger partial charge < -0.3 is 14.8 Å². The predicted octanol–water partition coefficient (Wildman–Crippen LogP) is 2.86. The standard InChI is InChI=1S/C18H18N8O/c19-24-16-3-2-15(14-10-22-26(12-14)7-8-27)23-18(16)21-9-13-1-4-17-20-5-6-25(17)11-13/h1-6,10-12,19,27H,7-9H2,(H,21,23). The first-order valence-corrected chi connectivity index (χ1v) is 8.44. The van der Waals surface area contributed by atoms with E-state index < -0.39 is 0 Å². The maximum absolute atomic E-state index is 9.02. The highest BCUT2D eigenvalue weighted by Gasteiger charge is 2.09. The first-order valence-electron chi connectivity index (χ1n) is 8.44. The number of aromatic nitrogens is 5. The summed E-state index contributed by atoms with van der Waals surface area (Å²) in [4.78, 5) is 8.83. The molecule has 0 aromatic carbocycles. The van der Waals surface area contributed by atoms with Crippen molar-refractivity contribution < 1.29 is 5.11 Å². The van der Waals surface area contributed by atoms with Crippen LogP contribution in [-0.2, 0) is 13.1 Å². The summed E-state index contributed by atoms with van der Waals surface area (Å²) in [5.41, 5.74) is 11.3. The number of pyridine rings is 2. The van der Waals surface area contributed by atoms with Crippen LogP contribution in [0, 0.1) is 5.53 Å². The van der Waals surface area contributed by atoms with Crippen LogP contribution in [0.15, 0.2) is 60.4 Å². The van der Waals surface area contributed by atoms with Gasteiger partial charge in [0.25, 0.3) is 0 Å². The third-order valence-corrected chi connectivity index (χ3v) is 4.16. The second-order valence-electron chi connectivity index (χ2n) is 5.98. The molecule has 0 atom stereocenters. The number of hydrogen-bond donors (Lipinski definition) is 3. The maximum Gasteiger partial charge on any atom is 0.154 e. The lowest BCUT2D eigenvalue weighted by Crippen LogP contribution is -2.03. The Labute approximate surface area is 154 Å². The van der Waals surface area contributed by atoms with Crippen LogP contribution in [0.4, 0.5) is 11.5 Å². The Morgan fingerprint density at radius 2 is 2.11 bits per heavy atom. The van der Waals surface area contributed by atoms with Crippen LogP contribution in [0.2, 0.25) is 0 Å². The molecular formula is C18H18N8O. The fourth-order valence-corrected chi connectivity index (χ4v) is 2.81. The summed E-state index contributed by atoms with van der Waals surface area (Å²) in [5.74, 6) is 0.531. The van der Waals surface area contributed by atoms with Gasteiger partial charge in [-0.05, 0) is 23.8 Å². The molecule has 0 aliphatic rings. The monoisotopic (exact) mass is 362 g/mol. The van der Waals surface area contributed by atoms with Crippen molar-refractivity contribution in [2.24, 2.45) is 5.11 Å². The normalized spacial score (nSPS) is 11.0. The van der Waals surface area contributed by atoms with Gasteiger partial charge >= 0.3 is 0 Å². The van der Waals surface area contributed by atoms with E-state index in [1.807, 2.05) is 35.1 Å². The predicted molar refractivity (Wildman–Crippen MR) is 99.9 cm³/mol. The van der Waals surface area contributed by atoms with Crippen molar-refractivity contribution in [1.82, 2.24) is 24.1 Å². The number of aliphatic hydroxyl groups is 1. The molecule has 0 aliphatic carbocycles. The zero-order valence-corrected chi connectivity index (χ0v) is 14.4. The summed E-state index contributed by atoms with van der Waals surface area (Å²) < 4.78 is 3.61. The second-order valence-corrected chi connectivity index (χ2v) is 5.98. The quantitative estimate of drug-likeness (QED) is 0.437. The van der Waals surface area contributed by atoms with Gasteiger partial charge in [0.2, 0.25) is 0 Å². The topological polar surface area (TPSA) is 116 Å². The number of imidazole rings is 1. The highest BCUT2D eigenvalue weighted by molar-refractivity contribution is 5.67. The molecule has 0 bridgehead atoms. The van der Waals surface area contributed by atoms with E-state index in [2.05, 4.69) is 25.5 Å². The molecule has 0 aliphatic heterocycles. The highest BCUT2D eigenvalue weighted by atomic mass is 16.3. The van der Waals surface area contributed by atoms with Crippen LogP contribution >= 0.6 is 0 Å². The minimum absolute atomic E-state index is 0.0271. The van der Waals surface area contributed by atoms with E-state index in [-0.39, 0.29) is 6.61 Å². The molecule has 27 heavy (non-hydrogen) atoms. The van der Waals surface area contributed by atoms with Gasteiger partial charge in [0.1, 0.15) is 11.3 Å².